The molecular weight excluding hydrogens is 362 g/mol. The van der Waals surface area contributed by atoms with E-state index in [2.05, 4.69) is 46.6 Å². The van der Waals surface area contributed by atoms with E-state index in [1.165, 1.54) is 0 Å². The summed E-state index contributed by atoms with van der Waals surface area (Å²) in [4.78, 5) is 18.7. The van der Waals surface area contributed by atoms with Crippen LogP contribution in [0.2, 0.25) is 0 Å². The van der Waals surface area contributed by atoms with Gasteiger partial charge in [-0.1, -0.05) is 32.9 Å². The SMILES string of the molecule is CC(C)(C)c1cc2c(N3CCN(c4cnc5ccccc5n4)CC3)nccn2n1. The summed E-state index contributed by atoms with van der Waals surface area (Å²) in [5.74, 6) is 1.94. The molecule has 0 radical (unpaired) electrons. The molecule has 0 atom stereocenters. The molecule has 1 aromatic carbocycles. The molecule has 29 heavy (non-hydrogen) atoms. The van der Waals surface area contributed by atoms with Gasteiger partial charge in [0.25, 0.3) is 0 Å². The van der Waals surface area contributed by atoms with E-state index < -0.39 is 0 Å². The Hall–Kier alpha value is -3.22. The van der Waals surface area contributed by atoms with Crippen molar-refractivity contribution < 1.29 is 0 Å². The van der Waals surface area contributed by atoms with Crippen molar-refractivity contribution in [3.05, 3.63) is 54.6 Å². The highest BCUT2D eigenvalue weighted by atomic mass is 15.3. The Balaban J connectivity index is 1.38. The monoisotopic (exact) mass is 387 g/mol. The summed E-state index contributed by atoms with van der Waals surface area (Å²) in [5, 5.41) is 4.75. The normalized spacial score (nSPS) is 15.4. The maximum atomic E-state index is 4.79. The lowest BCUT2D eigenvalue weighted by Crippen LogP contribution is -2.47. The van der Waals surface area contributed by atoms with Crippen molar-refractivity contribution in [3.8, 4) is 0 Å². The average molecular weight is 387 g/mol. The molecule has 4 heterocycles. The Morgan fingerprint density at radius 1 is 0.897 bits per heavy atom. The van der Waals surface area contributed by atoms with Crippen LogP contribution < -0.4 is 9.80 Å². The Morgan fingerprint density at radius 3 is 2.38 bits per heavy atom. The van der Waals surface area contributed by atoms with E-state index in [-0.39, 0.29) is 5.41 Å². The smallest absolute Gasteiger partial charge is 0.154 e. The van der Waals surface area contributed by atoms with Crippen LogP contribution in [0.25, 0.3) is 16.6 Å². The van der Waals surface area contributed by atoms with Gasteiger partial charge in [-0.3, -0.25) is 4.98 Å². The quantitative estimate of drug-likeness (QED) is 0.526. The van der Waals surface area contributed by atoms with Crippen molar-refractivity contribution in [2.45, 2.75) is 26.2 Å². The number of benzene rings is 1. The molecule has 4 aromatic rings. The molecule has 0 aliphatic carbocycles. The van der Waals surface area contributed by atoms with Crippen molar-refractivity contribution in [1.29, 1.82) is 0 Å². The van der Waals surface area contributed by atoms with E-state index in [0.29, 0.717) is 0 Å². The zero-order chi connectivity index (χ0) is 20.0. The van der Waals surface area contributed by atoms with Crippen LogP contribution in [0.3, 0.4) is 0 Å². The fourth-order valence-corrected chi connectivity index (χ4v) is 3.77. The highest BCUT2D eigenvalue weighted by Gasteiger charge is 2.24. The summed E-state index contributed by atoms with van der Waals surface area (Å²) in [6.07, 6.45) is 5.64. The van der Waals surface area contributed by atoms with Crippen LogP contribution in [-0.2, 0) is 5.41 Å². The predicted molar refractivity (Wildman–Crippen MR) is 116 cm³/mol. The van der Waals surface area contributed by atoms with E-state index in [1.807, 2.05) is 47.4 Å². The highest BCUT2D eigenvalue weighted by Crippen LogP contribution is 2.27. The standard InChI is InChI=1S/C22H25N7/c1-22(2,3)19-14-18-21(23-8-9-29(18)26-19)28-12-10-27(11-13-28)20-15-24-16-6-4-5-7-17(16)25-20/h4-9,14-15H,10-13H2,1-3H3. The number of hydrogen-bond donors (Lipinski definition) is 0. The summed E-state index contributed by atoms with van der Waals surface area (Å²) in [6.45, 7) is 10.1. The fraction of sp³-hybridized carbons (Fsp3) is 0.364. The van der Waals surface area contributed by atoms with E-state index in [4.69, 9.17) is 10.1 Å². The van der Waals surface area contributed by atoms with Crippen molar-refractivity contribution in [2.24, 2.45) is 0 Å². The molecule has 0 bridgehead atoms. The lowest BCUT2D eigenvalue weighted by atomic mass is 9.92. The van der Waals surface area contributed by atoms with Crippen LogP contribution in [0.15, 0.2) is 48.9 Å². The number of hydrogen-bond acceptors (Lipinski definition) is 6. The van der Waals surface area contributed by atoms with Gasteiger partial charge < -0.3 is 9.80 Å². The summed E-state index contributed by atoms with van der Waals surface area (Å²) < 4.78 is 1.95. The molecule has 0 amide bonds. The number of nitrogens with zero attached hydrogens (tertiary/aromatic N) is 7. The molecule has 1 fully saturated rings. The van der Waals surface area contributed by atoms with Crippen LogP contribution in [0.5, 0.6) is 0 Å². The second-order valence-corrected chi connectivity index (χ2v) is 8.55. The summed E-state index contributed by atoms with van der Waals surface area (Å²) in [6, 6.07) is 10.2. The lowest BCUT2D eigenvalue weighted by Gasteiger charge is -2.36. The molecule has 1 aliphatic rings. The van der Waals surface area contributed by atoms with Crippen LogP contribution in [0, 0.1) is 0 Å². The van der Waals surface area contributed by atoms with Crippen molar-refractivity contribution in [1.82, 2.24) is 24.6 Å². The number of piperazine rings is 1. The minimum absolute atomic E-state index is 0.0107. The molecule has 0 saturated carbocycles. The predicted octanol–water partition coefficient (Wildman–Crippen LogP) is 3.30. The van der Waals surface area contributed by atoms with Gasteiger partial charge in [0.05, 0.1) is 22.9 Å². The first-order valence-corrected chi connectivity index (χ1v) is 10.1. The number of fused-ring (bicyclic) bond motifs is 2. The van der Waals surface area contributed by atoms with Crippen LogP contribution in [0.1, 0.15) is 26.5 Å². The Morgan fingerprint density at radius 2 is 1.62 bits per heavy atom. The topological polar surface area (TPSA) is 62.5 Å². The third-order valence-corrected chi connectivity index (χ3v) is 5.48. The summed E-state index contributed by atoms with van der Waals surface area (Å²) in [7, 11) is 0. The molecule has 7 nitrogen and oxygen atoms in total. The average Bonchev–Trinajstić information content (AvgIpc) is 3.19. The molecule has 7 heteroatoms. The first-order valence-electron chi connectivity index (χ1n) is 10.1. The van der Waals surface area contributed by atoms with Gasteiger partial charge in [0, 0.05) is 44.0 Å². The van der Waals surface area contributed by atoms with Gasteiger partial charge in [0.2, 0.25) is 0 Å². The largest absolute Gasteiger partial charge is 0.352 e. The minimum Gasteiger partial charge on any atom is -0.352 e. The van der Waals surface area contributed by atoms with Gasteiger partial charge >= 0.3 is 0 Å². The molecular formula is C22H25N7. The summed E-state index contributed by atoms with van der Waals surface area (Å²) >= 11 is 0. The van der Waals surface area contributed by atoms with Crippen LogP contribution in [0.4, 0.5) is 11.6 Å². The molecule has 0 N–H and O–H groups in total. The lowest BCUT2D eigenvalue weighted by molar-refractivity contribution is 0.562. The Kier molecular flexibility index (Phi) is 4.12. The maximum absolute atomic E-state index is 4.79. The first kappa shape index (κ1) is 17.8. The number of para-hydroxylation sites is 2. The van der Waals surface area contributed by atoms with Crippen LogP contribution >= 0.6 is 0 Å². The first-order chi connectivity index (χ1) is 14.0. The van der Waals surface area contributed by atoms with E-state index in [9.17, 15) is 0 Å². The summed E-state index contributed by atoms with van der Waals surface area (Å²) in [5.41, 5.74) is 4.03. The van der Waals surface area contributed by atoms with Gasteiger partial charge in [0.1, 0.15) is 11.3 Å². The second kappa shape index (κ2) is 6.69. The molecule has 0 unspecified atom stereocenters. The zero-order valence-electron chi connectivity index (χ0n) is 17.1. The molecule has 5 rings (SSSR count). The van der Waals surface area contributed by atoms with Crippen molar-refractivity contribution >= 4 is 28.2 Å². The number of aromatic nitrogens is 5. The van der Waals surface area contributed by atoms with E-state index >= 15 is 0 Å². The van der Waals surface area contributed by atoms with E-state index in [0.717, 1.165) is 60.1 Å². The van der Waals surface area contributed by atoms with Crippen LogP contribution in [-0.4, -0.2) is 50.7 Å². The number of rotatable bonds is 2. The second-order valence-electron chi connectivity index (χ2n) is 8.55. The highest BCUT2D eigenvalue weighted by molar-refractivity contribution is 5.75. The molecule has 1 aliphatic heterocycles. The Bertz CT molecular complexity index is 1170. The van der Waals surface area contributed by atoms with Gasteiger partial charge in [-0.2, -0.15) is 5.10 Å². The minimum atomic E-state index is 0.0107. The van der Waals surface area contributed by atoms with E-state index in [1.54, 1.807) is 0 Å². The zero-order valence-corrected chi connectivity index (χ0v) is 17.1. The fourth-order valence-electron chi connectivity index (χ4n) is 3.77. The van der Waals surface area contributed by atoms with Crippen molar-refractivity contribution in [3.63, 3.8) is 0 Å². The molecule has 3 aromatic heterocycles. The maximum Gasteiger partial charge on any atom is 0.154 e. The Labute approximate surface area is 170 Å². The molecule has 148 valence electrons. The molecule has 1 saturated heterocycles. The van der Waals surface area contributed by atoms with Gasteiger partial charge in [-0.25, -0.2) is 14.5 Å². The van der Waals surface area contributed by atoms with Gasteiger partial charge in [0.15, 0.2) is 5.82 Å². The van der Waals surface area contributed by atoms with Gasteiger partial charge in [-0.15, -0.1) is 0 Å². The third-order valence-electron chi connectivity index (χ3n) is 5.48. The van der Waals surface area contributed by atoms with Crippen molar-refractivity contribution in [2.75, 3.05) is 36.0 Å². The number of anilines is 2. The third kappa shape index (κ3) is 3.26. The van der Waals surface area contributed by atoms with Gasteiger partial charge in [-0.05, 0) is 18.2 Å². The molecule has 0 spiro atoms.